The summed E-state index contributed by atoms with van der Waals surface area (Å²) >= 11 is 1.19. The maximum Gasteiger partial charge on any atom is 0.246 e. The van der Waals surface area contributed by atoms with Gasteiger partial charge >= 0.3 is 0 Å². The van der Waals surface area contributed by atoms with Crippen molar-refractivity contribution in [1.29, 1.82) is 0 Å². The molecule has 1 saturated heterocycles. The molecule has 1 aromatic heterocycles. The van der Waals surface area contributed by atoms with Crippen LogP contribution in [0.5, 0.6) is 0 Å². The first-order valence-electron chi connectivity index (χ1n) is 8.17. The van der Waals surface area contributed by atoms with Crippen molar-refractivity contribution in [1.82, 2.24) is 15.1 Å². The van der Waals surface area contributed by atoms with Gasteiger partial charge in [0.15, 0.2) is 0 Å². The van der Waals surface area contributed by atoms with E-state index in [1.165, 1.54) is 11.3 Å². The number of carbonyl (C=O) groups excluding carboxylic acids is 3. The molecule has 0 radical (unpaired) electrons. The van der Waals surface area contributed by atoms with Crippen molar-refractivity contribution < 1.29 is 19.1 Å². The molecule has 1 aromatic rings. The zero-order valence-electron chi connectivity index (χ0n) is 14.8. The average Bonchev–Trinajstić information content (AvgIpc) is 3.04. The molecule has 1 N–H and O–H groups in total. The number of amides is 3. The third-order valence-corrected chi connectivity index (χ3v) is 6.60. The normalized spacial score (nSPS) is 27.7. The Morgan fingerprint density at radius 2 is 2.08 bits per heavy atom. The lowest BCUT2D eigenvalue weighted by Crippen LogP contribution is -2.60. The predicted molar refractivity (Wildman–Crippen MR) is 90.6 cm³/mol. The molecule has 0 aromatic carbocycles. The van der Waals surface area contributed by atoms with E-state index < -0.39 is 11.3 Å². The van der Waals surface area contributed by atoms with Gasteiger partial charge in [0.1, 0.15) is 18.2 Å². The number of piperidine rings is 1. The van der Waals surface area contributed by atoms with E-state index >= 15 is 0 Å². The van der Waals surface area contributed by atoms with Gasteiger partial charge in [-0.05, 0) is 18.3 Å². The Bertz CT molecular complexity index is 731. The molecular weight excluding hydrogens is 344 g/mol. The van der Waals surface area contributed by atoms with Crippen LogP contribution in [-0.4, -0.2) is 46.5 Å². The Kier molecular flexibility index (Phi) is 4.40. The summed E-state index contributed by atoms with van der Waals surface area (Å²) in [5.41, 5.74) is -0.997. The van der Waals surface area contributed by atoms with Gasteiger partial charge < -0.3 is 4.74 Å². The molecule has 1 aliphatic heterocycles. The molecule has 1 saturated carbocycles. The van der Waals surface area contributed by atoms with Gasteiger partial charge in [-0.1, -0.05) is 32.1 Å². The lowest BCUT2D eigenvalue weighted by Gasteiger charge is -2.47. The third-order valence-electron chi connectivity index (χ3n) is 5.79. The van der Waals surface area contributed by atoms with Crippen LogP contribution >= 0.6 is 11.3 Å². The zero-order chi connectivity index (χ0) is 18.4. The van der Waals surface area contributed by atoms with Crippen LogP contribution in [0.2, 0.25) is 0 Å². The van der Waals surface area contributed by atoms with Crippen molar-refractivity contribution in [2.24, 2.45) is 16.7 Å². The van der Waals surface area contributed by atoms with Gasteiger partial charge in [-0.25, -0.2) is 0 Å². The number of anilines is 1. The third kappa shape index (κ3) is 2.75. The summed E-state index contributed by atoms with van der Waals surface area (Å²) in [6.07, 6.45) is 1.35. The monoisotopic (exact) mass is 366 g/mol. The number of nitrogens with zero attached hydrogens (tertiary/aromatic N) is 3. The molecule has 2 fully saturated rings. The van der Waals surface area contributed by atoms with Gasteiger partial charge in [0.2, 0.25) is 22.9 Å². The van der Waals surface area contributed by atoms with Crippen molar-refractivity contribution in [3.05, 3.63) is 5.01 Å². The molecule has 3 rings (SSSR count). The largest absolute Gasteiger partial charge is 0.377 e. The number of nitrogens with one attached hydrogen (secondary N) is 1. The van der Waals surface area contributed by atoms with Crippen LogP contribution in [0.15, 0.2) is 0 Å². The Hall–Kier alpha value is -1.87. The van der Waals surface area contributed by atoms with Gasteiger partial charge in [0.05, 0.1) is 5.41 Å². The highest BCUT2D eigenvalue weighted by atomic mass is 32.1. The van der Waals surface area contributed by atoms with Crippen LogP contribution < -0.4 is 5.32 Å². The molecule has 2 atom stereocenters. The Balaban J connectivity index is 1.71. The lowest BCUT2D eigenvalue weighted by atomic mass is 9.62. The van der Waals surface area contributed by atoms with E-state index in [2.05, 4.69) is 15.5 Å². The van der Waals surface area contributed by atoms with Crippen LogP contribution in [0.4, 0.5) is 5.13 Å². The first kappa shape index (κ1) is 17.9. The number of hydrogen-bond donors (Lipinski definition) is 1. The molecule has 136 valence electrons. The van der Waals surface area contributed by atoms with Crippen molar-refractivity contribution in [2.45, 2.75) is 40.2 Å². The molecule has 9 heteroatoms. The summed E-state index contributed by atoms with van der Waals surface area (Å²) in [7, 11) is 1.55. The van der Waals surface area contributed by atoms with E-state index in [-0.39, 0.29) is 29.7 Å². The van der Waals surface area contributed by atoms with Gasteiger partial charge in [0.25, 0.3) is 0 Å². The maximum atomic E-state index is 12.9. The second-order valence-corrected chi connectivity index (χ2v) is 8.42. The summed E-state index contributed by atoms with van der Waals surface area (Å²) in [5, 5.41) is 11.3. The Morgan fingerprint density at radius 1 is 1.36 bits per heavy atom. The van der Waals surface area contributed by atoms with Gasteiger partial charge in [-0.2, -0.15) is 0 Å². The highest BCUT2D eigenvalue weighted by molar-refractivity contribution is 7.15. The summed E-state index contributed by atoms with van der Waals surface area (Å²) in [5.74, 6) is -1.19. The minimum absolute atomic E-state index is 0.224. The zero-order valence-corrected chi connectivity index (χ0v) is 15.6. The first-order valence-corrected chi connectivity index (χ1v) is 8.99. The number of ether oxygens (including phenoxy) is 1. The standard InChI is InChI=1S/C16H22N4O4S/c1-15(2)9-5-6-16(15,3)13(23)20(12(9)22)7-10(21)17-14-19-18-11(25-14)8-24-4/h9H,5-8H2,1-4H3,(H,17,19,21). The van der Waals surface area contributed by atoms with Crippen molar-refractivity contribution >= 4 is 34.2 Å². The molecule has 1 aliphatic carbocycles. The summed E-state index contributed by atoms with van der Waals surface area (Å²) in [6, 6.07) is 0. The smallest absolute Gasteiger partial charge is 0.246 e. The van der Waals surface area contributed by atoms with Gasteiger partial charge in [-0.3, -0.25) is 24.6 Å². The number of aromatic nitrogens is 2. The highest BCUT2D eigenvalue weighted by Gasteiger charge is 2.64. The summed E-state index contributed by atoms with van der Waals surface area (Å²) in [4.78, 5) is 39.0. The van der Waals surface area contributed by atoms with Gasteiger partial charge in [-0.15, -0.1) is 10.2 Å². The van der Waals surface area contributed by atoms with Crippen molar-refractivity contribution in [2.75, 3.05) is 19.0 Å². The molecule has 2 heterocycles. The quantitative estimate of drug-likeness (QED) is 0.791. The lowest BCUT2D eigenvalue weighted by molar-refractivity contribution is -0.168. The SMILES string of the molecule is COCc1nnc(NC(=O)CN2C(=O)C3CCC(C)(C2=O)C3(C)C)s1. The Morgan fingerprint density at radius 3 is 2.76 bits per heavy atom. The van der Waals surface area contributed by atoms with Crippen LogP contribution in [0.25, 0.3) is 0 Å². The van der Waals surface area contributed by atoms with Crippen LogP contribution in [0.1, 0.15) is 38.6 Å². The van der Waals surface area contributed by atoms with Crippen LogP contribution in [0.3, 0.4) is 0 Å². The Labute approximate surface area is 149 Å². The predicted octanol–water partition coefficient (Wildman–Crippen LogP) is 1.43. The number of fused-ring (bicyclic) bond motifs is 2. The maximum absolute atomic E-state index is 12.9. The molecular formula is C16H22N4O4S. The fourth-order valence-electron chi connectivity index (χ4n) is 3.84. The first-order chi connectivity index (χ1) is 11.7. The molecule has 3 amide bonds. The number of imide groups is 1. The van der Waals surface area contributed by atoms with E-state index in [1.54, 1.807) is 7.11 Å². The summed E-state index contributed by atoms with van der Waals surface area (Å²) in [6.45, 7) is 5.85. The number of rotatable bonds is 5. The summed E-state index contributed by atoms with van der Waals surface area (Å²) < 4.78 is 4.95. The molecule has 0 spiro atoms. The number of hydrogen-bond acceptors (Lipinski definition) is 7. The molecule has 2 aliphatic rings. The second-order valence-electron chi connectivity index (χ2n) is 7.36. The molecule has 8 nitrogen and oxygen atoms in total. The van der Waals surface area contributed by atoms with E-state index in [4.69, 9.17) is 4.74 Å². The van der Waals surface area contributed by atoms with Crippen molar-refractivity contribution in [3.63, 3.8) is 0 Å². The number of methoxy groups -OCH3 is 1. The van der Waals surface area contributed by atoms with E-state index in [1.807, 2.05) is 20.8 Å². The van der Waals surface area contributed by atoms with Gasteiger partial charge in [0, 0.05) is 13.0 Å². The van der Waals surface area contributed by atoms with E-state index in [0.717, 1.165) is 4.90 Å². The van der Waals surface area contributed by atoms with Crippen LogP contribution in [-0.2, 0) is 25.7 Å². The number of carbonyl (C=O) groups is 3. The van der Waals surface area contributed by atoms with Crippen molar-refractivity contribution in [3.8, 4) is 0 Å². The highest BCUT2D eigenvalue weighted by Crippen LogP contribution is 2.59. The minimum atomic E-state index is -0.611. The second kappa shape index (κ2) is 6.14. The molecule has 25 heavy (non-hydrogen) atoms. The van der Waals surface area contributed by atoms with Crippen LogP contribution in [0, 0.1) is 16.7 Å². The topological polar surface area (TPSA) is 101 Å². The number of likely N-dealkylation sites (tertiary alicyclic amines) is 1. The van der Waals surface area contributed by atoms with E-state index in [9.17, 15) is 14.4 Å². The average molecular weight is 366 g/mol. The fraction of sp³-hybridized carbons (Fsp3) is 0.688. The molecule has 2 bridgehead atoms. The van der Waals surface area contributed by atoms with E-state index in [0.29, 0.717) is 29.6 Å². The fourth-order valence-corrected chi connectivity index (χ4v) is 4.57. The molecule has 2 unspecified atom stereocenters. The minimum Gasteiger partial charge on any atom is -0.377 e.